The Morgan fingerprint density at radius 2 is 2.12 bits per heavy atom. The molecule has 3 atom stereocenters. The highest BCUT2D eigenvalue weighted by Crippen LogP contribution is 2.34. The number of nitrogens with zero attached hydrogens (tertiary/aromatic N) is 5. The number of nitrogens with two attached hydrogens (primary N) is 1. The van der Waals surface area contributed by atoms with E-state index in [1.54, 1.807) is 43.3 Å². The summed E-state index contributed by atoms with van der Waals surface area (Å²) in [5, 5.41) is 9.83. The summed E-state index contributed by atoms with van der Waals surface area (Å²) in [6.07, 6.45) is 4.21. The van der Waals surface area contributed by atoms with E-state index in [9.17, 15) is 14.4 Å². The van der Waals surface area contributed by atoms with E-state index in [-0.39, 0.29) is 18.4 Å². The van der Waals surface area contributed by atoms with Gasteiger partial charge in [0.25, 0.3) is 5.91 Å². The lowest BCUT2D eigenvalue weighted by atomic mass is 9.81. The van der Waals surface area contributed by atoms with E-state index in [0.717, 1.165) is 15.5 Å². The van der Waals surface area contributed by atoms with E-state index in [4.69, 9.17) is 5.73 Å². The number of hydrogen-bond donors (Lipinski definition) is 2. The molecule has 178 valence electrons. The van der Waals surface area contributed by atoms with Gasteiger partial charge in [-0.1, -0.05) is 6.92 Å². The number of likely N-dealkylation sites (N-methyl/N-ethyl adjacent to an activating group) is 1. The normalized spacial score (nSPS) is 18.3. The standard InChI is InChI=1S/C23H27N7O3S/c1-4-16(17-8-10-28(2)27-17)26-23(33)30-20(22(32)29(3)19-6-5-11-34-19)15(21(30)31)12-14-7-9-25-18(24)13-14/h5-11,13,15-16,20H,4,12H2,1-3H3,(H2,24,25)(H,26,33)/t15-,16?,20+/m1/s1. The third-order valence-electron chi connectivity index (χ3n) is 5.95. The number of likely N-dealkylation sites (tertiary alicyclic amines) is 1. The molecule has 0 aromatic carbocycles. The van der Waals surface area contributed by atoms with Gasteiger partial charge in [-0.25, -0.2) is 9.78 Å². The van der Waals surface area contributed by atoms with Crippen molar-refractivity contribution in [3.8, 4) is 0 Å². The van der Waals surface area contributed by atoms with Crippen LogP contribution in [0, 0.1) is 5.92 Å². The lowest BCUT2D eigenvalue weighted by molar-refractivity contribution is -0.156. The molecule has 1 fully saturated rings. The quantitative estimate of drug-likeness (QED) is 0.499. The number of anilines is 2. The Morgan fingerprint density at radius 1 is 1.32 bits per heavy atom. The molecule has 34 heavy (non-hydrogen) atoms. The monoisotopic (exact) mass is 481 g/mol. The summed E-state index contributed by atoms with van der Waals surface area (Å²) in [7, 11) is 3.44. The number of pyridine rings is 1. The van der Waals surface area contributed by atoms with Crippen molar-refractivity contribution in [2.45, 2.75) is 31.8 Å². The molecule has 1 unspecified atom stereocenters. The number of amides is 4. The number of nitrogen functional groups attached to an aromatic ring is 1. The highest BCUT2D eigenvalue weighted by Gasteiger charge is 2.55. The molecule has 11 heteroatoms. The van der Waals surface area contributed by atoms with E-state index >= 15 is 0 Å². The number of hydrogen-bond acceptors (Lipinski definition) is 7. The van der Waals surface area contributed by atoms with Crippen LogP contribution in [0.1, 0.15) is 30.6 Å². The largest absolute Gasteiger partial charge is 0.384 e. The van der Waals surface area contributed by atoms with Crippen molar-refractivity contribution in [3.05, 3.63) is 59.4 Å². The molecular formula is C23H27N7O3S. The van der Waals surface area contributed by atoms with E-state index in [2.05, 4.69) is 15.4 Å². The Balaban J connectivity index is 1.58. The zero-order valence-corrected chi connectivity index (χ0v) is 20.0. The Kier molecular flexibility index (Phi) is 6.64. The maximum absolute atomic E-state index is 13.5. The lowest BCUT2D eigenvalue weighted by Crippen LogP contribution is -2.70. The van der Waals surface area contributed by atoms with Gasteiger partial charge in [0.1, 0.15) is 11.9 Å². The second-order valence-corrected chi connectivity index (χ2v) is 9.15. The molecular weight excluding hydrogens is 454 g/mol. The first-order valence-electron chi connectivity index (χ1n) is 10.9. The van der Waals surface area contributed by atoms with Crippen molar-refractivity contribution < 1.29 is 14.4 Å². The van der Waals surface area contributed by atoms with Gasteiger partial charge in [0.15, 0.2) is 0 Å². The van der Waals surface area contributed by atoms with Crippen LogP contribution in [0.2, 0.25) is 0 Å². The number of nitrogens with one attached hydrogen (secondary N) is 1. The number of rotatable bonds is 7. The number of aryl methyl sites for hydroxylation is 1. The smallest absolute Gasteiger partial charge is 0.325 e. The number of carbonyl (C=O) groups excluding carboxylic acids is 3. The first-order valence-corrected chi connectivity index (χ1v) is 11.8. The van der Waals surface area contributed by atoms with E-state index < -0.39 is 23.9 Å². The van der Waals surface area contributed by atoms with E-state index in [1.165, 1.54) is 16.2 Å². The summed E-state index contributed by atoms with van der Waals surface area (Å²) in [6.45, 7) is 1.92. The molecule has 0 bridgehead atoms. The van der Waals surface area contributed by atoms with Crippen LogP contribution in [0.15, 0.2) is 48.1 Å². The lowest BCUT2D eigenvalue weighted by Gasteiger charge is -2.45. The Bertz CT molecular complexity index is 1190. The van der Waals surface area contributed by atoms with E-state index in [0.29, 0.717) is 17.9 Å². The van der Waals surface area contributed by atoms with Crippen molar-refractivity contribution in [2.24, 2.45) is 13.0 Å². The van der Waals surface area contributed by atoms with Crippen LogP contribution >= 0.6 is 11.3 Å². The van der Waals surface area contributed by atoms with Crippen LogP contribution in [0.3, 0.4) is 0 Å². The van der Waals surface area contributed by atoms with Gasteiger partial charge in [-0.05, 0) is 54.1 Å². The number of β-lactam (4-membered cyclic amide) rings is 1. The molecule has 10 nitrogen and oxygen atoms in total. The second kappa shape index (κ2) is 9.64. The van der Waals surface area contributed by atoms with Gasteiger partial charge in [0.05, 0.1) is 22.7 Å². The number of urea groups is 1. The van der Waals surface area contributed by atoms with Gasteiger partial charge in [0.2, 0.25) is 5.91 Å². The molecule has 0 saturated carbocycles. The molecule has 0 aliphatic carbocycles. The summed E-state index contributed by atoms with van der Waals surface area (Å²) in [5.41, 5.74) is 7.25. The maximum atomic E-state index is 13.5. The molecule has 3 aromatic rings. The van der Waals surface area contributed by atoms with Crippen molar-refractivity contribution in [1.82, 2.24) is 25.0 Å². The van der Waals surface area contributed by atoms with Gasteiger partial charge in [0, 0.05) is 26.5 Å². The van der Waals surface area contributed by atoms with Crippen molar-refractivity contribution in [2.75, 3.05) is 17.7 Å². The van der Waals surface area contributed by atoms with Crippen LogP contribution < -0.4 is 16.0 Å². The Hall–Kier alpha value is -3.73. The molecule has 4 heterocycles. The zero-order chi connectivity index (χ0) is 24.4. The van der Waals surface area contributed by atoms with Crippen LogP contribution in [0.25, 0.3) is 0 Å². The zero-order valence-electron chi connectivity index (χ0n) is 19.2. The number of aromatic nitrogens is 3. The first kappa shape index (κ1) is 23.4. The number of imide groups is 1. The third kappa shape index (κ3) is 4.51. The minimum absolute atomic E-state index is 0.279. The van der Waals surface area contributed by atoms with Crippen molar-refractivity contribution in [1.29, 1.82) is 0 Å². The summed E-state index contributed by atoms with van der Waals surface area (Å²) < 4.78 is 1.65. The SMILES string of the molecule is CCC(NC(=O)N1C(=O)[C@H](Cc2ccnc(N)c2)[C@H]1C(=O)N(C)c1cccs1)c1ccn(C)n1. The van der Waals surface area contributed by atoms with E-state index in [1.807, 2.05) is 30.5 Å². The highest BCUT2D eigenvalue weighted by molar-refractivity contribution is 7.14. The fourth-order valence-electron chi connectivity index (χ4n) is 4.12. The third-order valence-corrected chi connectivity index (χ3v) is 6.90. The fourth-order valence-corrected chi connectivity index (χ4v) is 4.82. The Labute approximate surface area is 201 Å². The Morgan fingerprint density at radius 3 is 2.74 bits per heavy atom. The molecule has 1 aliphatic heterocycles. The topological polar surface area (TPSA) is 126 Å². The predicted molar refractivity (Wildman–Crippen MR) is 129 cm³/mol. The fraction of sp³-hybridized carbons (Fsp3) is 0.348. The van der Waals surface area contributed by atoms with Crippen LogP contribution in [-0.4, -0.2) is 50.6 Å². The molecule has 4 rings (SSSR count). The molecule has 1 aliphatic rings. The van der Waals surface area contributed by atoms with Gasteiger partial charge in [-0.15, -0.1) is 11.3 Å². The second-order valence-electron chi connectivity index (χ2n) is 8.23. The summed E-state index contributed by atoms with van der Waals surface area (Å²) in [5.74, 6) is -1.08. The van der Waals surface area contributed by atoms with Crippen molar-refractivity contribution in [3.63, 3.8) is 0 Å². The van der Waals surface area contributed by atoms with Crippen LogP contribution in [0.4, 0.5) is 15.6 Å². The molecule has 0 radical (unpaired) electrons. The molecule has 3 N–H and O–H groups in total. The summed E-state index contributed by atoms with van der Waals surface area (Å²) in [6, 6.07) is 6.99. The molecule has 0 spiro atoms. The number of carbonyl (C=O) groups is 3. The van der Waals surface area contributed by atoms with Gasteiger partial charge >= 0.3 is 6.03 Å². The highest BCUT2D eigenvalue weighted by atomic mass is 32.1. The van der Waals surface area contributed by atoms with Crippen LogP contribution in [-0.2, 0) is 23.1 Å². The van der Waals surface area contributed by atoms with Gasteiger partial charge in [-0.3, -0.25) is 19.2 Å². The average Bonchev–Trinajstić information content (AvgIpc) is 3.50. The first-order chi connectivity index (χ1) is 16.3. The maximum Gasteiger partial charge on any atom is 0.325 e. The average molecular weight is 482 g/mol. The summed E-state index contributed by atoms with van der Waals surface area (Å²) >= 11 is 1.41. The van der Waals surface area contributed by atoms with Crippen LogP contribution in [0.5, 0.6) is 0 Å². The molecule has 1 saturated heterocycles. The number of thiophene rings is 1. The summed E-state index contributed by atoms with van der Waals surface area (Å²) in [4.78, 5) is 46.4. The molecule has 4 amide bonds. The molecule has 3 aromatic heterocycles. The van der Waals surface area contributed by atoms with Gasteiger partial charge < -0.3 is 16.0 Å². The minimum Gasteiger partial charge on any atom is -0.384 e. The predicted octanol–water partition coefficient (Wildman–Crippen LogP) is 2.35. The van der Waals surface area contributed by atoms with Gasteiger partial charge in [-0.2, -0.15) is 5.10 Å². The van der Waals surface area contributed by atoms with Crippen molar-refractivity contribution >= 4 is 40.0 Å². The minimum atomic E-state index is -0.935.